The van der Waals surface area contributed by atoms with Crippen molar-refractivity contribution in [3.63, 3.8) is 0 Å². The molecule has 0 aliphatic rings. The zero-order chi connectivity index (χ0) is 21.1. The molecule has 3 rings (SSSR count). The van der Waals surface area contributed by atoms with E-state index < -0.39 is 23.1 Å². The molecule has 3 N–H and O–H groups in total. The number of anilines is 3. The van der Waals surface area contributed by atoms with Crippen LogP contribution in [0, 0.1) is 11.6 Å². The maximum absolute atomic E-state index is 14.7. The van der Waals surface area contributed by atoms with Gasteiger partial charge in [0, 0.05) is 19.7 Å². The summed E-state index contributed by atoms with van der Waals surface area (Å²) in [6.07, 6.45) is 0.857. The van der Waals surface area contributed by atoms with Crippen LogP contribution in [0.5, 0.6) is 5.75 Å². The third-order valence-corrected chi connectivity index (χ3v) is 3.81. The second kappa shape index (κ2) is 8.18. The molecule has 0 saturated carbocycles. The minimum atomic E-state index is -0.799. The summed E-state index contributed by atoms with van der Waals surface area (Å²) >= 11 is 0. The van der Waals surface area contributed by atoms with Crippen molar-refractivity contribution in [3.05, 3.63) is 40.4 Å². The topological polar surface area (TPSA) is 129 Å². The highest BCUT2D eigenvalue weighted by Gasteiger charge is 2.18. The van der Waals surface area contributed by atoms with Crippen molar-refractivity contribution in [2.75, 3.05) is 38.3 Å². The van der Waals surface area contributed by atoms with E-state index >= 15 is 0 Å². The number of nitrogens with two attached hydrogens (primary N) is 1. The Labute approximate surface area is 163 Å². The number of nitrogens with one attached hydrogen (secondary N) is 1. The van der Waals surface area contributed by atoms with E-state index in [0.29, 0.717) is 6.54 Å². The SMILES string of the molecule is CN(C)CCOc1cc(F)c(Nc2ncc(F)c(N)n2)cc1-n1nnn(C)c1=O. The van der Waals surface area contributed by atoms with Crippen molar-refractivity contribution in [2.24, 2.45) is 7.05 Å². The first-order chi connectivity index (χ1) is 13.8. The van der Waals surface area contributed by atoms with Crippen molar-refractivity contribution >= 4 is 17.5 Å². The molecule has 0 bridgehead atoms. The molecule has 13 heteroatoms. The monoisotopic (exact) mass is 407 g/mol. The molecule has 2 heterocycles. The first-order valence-electron chi connectivity index (χ1n) is 8.41. The number of hydrogen-bond acceptors (Lipinski definition) is 9. The van der Waals surface area contributed by atoms with E-state index in [1.54, 1.807) is 0 Å². The van der Waals surface area contributed by atoms with Crippen LogP contribution in [-0.4, -0.2) is 61.9 Å². The predicted molar refractivity (Wildman–Crippen MR) is 100 cm³/mol. The van der Waals surface area contributed by atoms with Crippen molar-refractivity contribution in [3.8, 4) is 11.4 Å². The van der Waals surface area contributed by atoms with E-state index in [2.05, 4.69) is 25.7 Å². The van der Waals surface area contributed by atoms with Crippen LogP contribution in [0.1, 0.15) is 0 Å². The van der Waals surface area contributed by atoms with Gasteiger partial charge in [0.05, 0.1) is 11.9 Å². The van der Waals surface area contributed by atoms with Gasteiger partial charge in [-0.1, -0.05) is 0 Å². The Hall–Kier alpha value is -3.61. The number of aryl methyl sites for hydroxylation is 1. The van der Waals surface area contributed by atoms with Crippen LogP contribution in [0.2, 0.25) is 0 Å². The quantitative estimate of drug-likeness (QED) is 0.568. The van der Waals surface area contributed by atoms with Gasteiger partial charge >= 0.3 is 5.69 Å². The molecule has 0 spiro atoms. The van der Waals surface area contributed by atoms with E-state index in [0.717, 1.165) is 21.6 Å². The number of hydrogen-bond donors (Lipinski definition) is 2. The molecule has 0 amide bonds. The molecule has 0 aliphatic heterocycles. The van der Waals surface area contributed by atoms with Crippen LogP contribution < -0.4 is 21.5 Å². The molecule has 0 unspecified atom stereocenters. The molecular weight excluding hydrogens is 388 g/mol. The van der Waals surface area contributed by atoms with Crippen LogP contribution in [0.4, 0.5) is 26.2 Å². The highest BCUT2D eigenvalue weighted by molar-refractivity contribution is 5.63. The summed E-state index contributed by atoms with van der Waals surface area (Å²) in [7, 11) is 5.15. The molecule has 0 saturated heterocycles. The lowest BCUT2D eigenvalue weighted by Crippen LogP contribution is -2.24. The minimum absolute atomic E-state index is 0.0940. The molecule has 0 atom stereocenters. The van der Waals surface area contributed by atoms with Gasteiger partial charge < -0.3 is 20.7 Å². The predicted octanol–water partition coefficient (Wildman–Crippen LogP) is 0.300. The number of tetrazole rings is 1. The average molecular weight is 407 g/mol. The number of likely N-dealkylation sites (N-methyl/N-ethyl adjacent to an activating group) is 1. The molecule has 2 aromatic heterocycles. The fourth-order valence-corrected chi connectivity index (χ4v) is 2.28. The summed E-state index contributed by atoms with van der Waals surface area (Å²) in [5.41, 5.74) is 4.92. The minimum Gasteiger partial charge on any atom is -0.490 e. The Morgan fingerprint density at radius 3 is 2.62 bits per heavy atom. The molecule has 0 fully saturated rings. The normalized spacial score (nSPS) is 11.1. The standard InChI is InChI=1S/C16H19F2N9O2/c1-25(2)4-5-29-13-6-9(17)11(21-15-20-8-10(18)14(19)22-15)7-12(13)27-16(28)26(3)23-24-27/h6-8H,4-5H2,1-3H3,(H3,19,20,21,22). The van der Waals surface area contributed by atoms with Gasteiger partial charge in [-0.25, -0.2) is 18.6 Å². The fourth-order valence-electron chi connectivity index (χ4n) is 2.28. The van der Waals surface area contributed by atoms with Crippen molar-refractivity contribution < 1.29 is 13.5 Å². The third-order valence-electron chi connectivity index (χ3n) is 3.81. The van der Waals surface area contributed by atoms with Gasteiger partial charge in [0.1, 0.15) is 18.0 Å². The average Bonchev–Trinajstić information content (AvgIpc) is 2.99. The van der Waals surface area contributed by atoms with Crippen LogP contribution in [0.15, 0.2) is 23.1 Å². The van der Waals surface area contributed by atoms with Crippen LogP contribution in [-0.2, 0) is 7.05 Å². The number of rotatable bonds is 7. The molecule has 29 heavy (non-hydrogen) atoms. The summed E-state index contributed by atoms with van der Waals surface area (Å²) < 4.78 is 35.5. The van der Waals surface area contributed by atoms with Gasteiger partial charge in [-0.05, 0) is 30.6 Å². The molecule has 154 valence electrons. The highest BCUT2D eigenvalue weighted by atomic mass is 19.1. The maximum Gasteiger partial charge on any atom is 0.368 e. The fraction of sp³-hybridized carbons (Fsp3) is 0.312. The van der Waals surface area contributed by atoms with E-state index in [1.807, 2.05) is 19.0 Å². The number of nitrogens with zero attached hydrogens (tertiary/aromatic N) is 7. The lowest BCUT2D eigenvalue weighted by atomic mass is 10.2. The highest BCUT2D eigenvalue weighted by Crippen LogP contribution is 2.30. The Bertz CT molecular complexity index is 1080. The van der Waals surface area contributed by atoms with Gasteiger partial charge in [0.15, 0.2) is 17.5 Å². The lowest BCUT2D eigenvalue weighted by Gasteiger charge is -2.15. The summed E-state index contributed by atoms with van der Waals surface area (Å²) in [5, 5.41) is 10.0. The van der Waals surface area contributed by atoms with Crippen molar-refractivity contribution in [2.45, 2.75) is 0 Å². The van der Waals surface area contributed by atoms with E-state index in [9.17, 15) is 13.6 Å². The van der Waals surface area contributed by atoms with E-state index in [4.69, 9.17) is 10.5 Å². The summed E-state index contributed by atoms with van der Waals surface area (Å²) in [6.45, 7) is 0.817. The largest absolute Gasteiger partial charge is 0.490 e. The molecule has 0 radical (unpaired) electrons. The Kier molecular flexibility index (Phi) is 5.68. The molecule has 3 aromatic rings. The van der Waals surface area contributed by atoms with E-state index in [-0.39, 0.29) is 29.7 Å². The lowest BCUT2D eigenvalue weighted by molar-refractivity contribution is 0.259. The van der Waals surface area contributed by atoms with Crippen LogP contribution in [0.3, 0.4) is 0 Å². The zero-order valence-corrected chi connectivity index (χ0v) is 15.9. The molecular formula is C16H19F2N9O2. The Morgan fingerprint density at radius 1 is 1.24 bits per heavy atom. The van der Waals surface area contributed by atoms with Crippen molar-refractivity contribution in [1.82, 2.24) is 34.7 Å². The summed E-state index contributed by atoms with van der Waals surface area (Å²) in [5.74, 6) is -1.93. The number of benzene rings is 1. The first kappa shape index (κ1) is 20.1. The van der Waals surface area contributed by atoms with Gasteiger partial charge in [0.25, 0.3) is 0 Å². The second-order valence-corrected chi connectivity index (χ2v) is 6.30. The number of aromatic nitrogens is 6. The maximum atomic E-state index is 14.7. The number of halogens is 2. The Morgan fingerprint density at radius 2 is 2.00 bits per heavy atom. The Balaban J connectivity index is 2.01. The van der Waals surface area contributed by atoms with Crippen molar-refractivity contribution in [1.29, 1.82) is 0 Å². The van der Waals surface area contributed by atoms with Gasteiger partial charge in [-0.15, -0.1) is 0 Å². The van der Waals surface area contributed by atoms with E-state index in [1.165, 1.54) is 13.1 Å². The van der Waals surface area contributed by atoms with Crippen LogP contribution in [0.25, 0.3) is 5.69 Å². The zero-order valence-electron chi connectivity index (χ0n) is 15.9. The summed E-state index contributed by atoms with van der Waals surface area (Å²) in [4.78, 5) is 21.6. The first-order valence-corrected chi connectivity index (χ1v) is 8.41. The second-order valence-electron chi connectivity index (χ2n) is 6.30. The summed E-state index contributed by atoms with van der Waals surface area (Å²) in [6, 6.07) is 2.39. The van der Waals surface area contributed by atoms with Gasteiger partial charge in [-0.3, -0.25) is 0 Å². The molecule has 11 nitrogen and oxygen atoms in total. The number of ether oxygens (including phenoxy) is 1. The molecule has 0 aliphatic carbocycles. The smallest absolute Gasteiger partial charge is 0.368 e. The van der Waals surface area contributed by atoms with Gasteiger partial charge in [0.2, 0.25) is 5.95 Å². The third kappa shape index (κ3) is 4.45. The molecule has 1 aromatic carbocycles. The van der Waals surface area contributed by atoms with Crippen LogP contribution >= 0.6 is 0 Å². The van der Waals surface area contributed by atoms with Gasteiger partial charge in [-0.2, -0.15) is 14.3 Å². The number of nitrogen functional groups attached to an aromatic ring is 1.